The number of nitrogens with one attached hydrogen (secondary N) is 1. The maximum atomic E-state index is 5.65. The number of anilines is 2. The second-order valence-electron chi connectivity index (χ2n) is 4.07. The molecule has 0 radical (unpaired) electrons. The molecule has 4 nitrogen and oxygen atoms in total. The fourth-order valence-electron chi connectivity index (χ4n) is 1.76. The van der Waals surface area contributed by atoms with Gasteiger partial charge in [-0.15, -0.1) is 0 Å². The Morgan fingerprint density at radius 3 is 2.74 bits per heavy atom. The molecule has 5 heteroatoms. The zero-order valence-electron chi connectivity index (χ0n) is 10.8. The van der Waals surface area contributed by atoms with Gasteiger partial charge in [0, 0.05) is 11.3 Å². The molecule has 1 aromatic heterocycles. The van der Waals surface area contributed by atoms with Crippen molar-refractivity contribution in [2.75, 3.05) is 12.4 Å². The lowest BCUT2D eigenvalue weighted by Crippen LogP contribution is -2.10. The van der Waals surface area contributed by atoms with Crippen LogP contribution in [0.3, 0.4) is 0 Å². The van der Waals surface area contributed by atoms with E-state index in [9.17, 15) is 0 Å². The van der Waals surface area contributed by atoms with Crippen LogP contribution in [-0.4, -0.2) is 17.1 Å². The fourth-order valence-corrected chi connectivity index (χ4v) is 1.88. The molecule has 0 spiro atoms. The van der Waals surface area contributed by atoms with Crippen LogP contribution in [0, 0.1) is 6.92 Å². The van der Waals surface area contributed by atoms with Gasteiger partial charge in [-0.25, -0.2) is 4.98 Å². The molecule has 0 atom stereocenters. The third-order valence-corrected chi connectivity index (χ3v) is 2.84. The molecular weight excluding hydrogens is 258 g/mol. The summed E-state index contributed by atoms with van der Waals surface area (Å²) in [6.45, 7) is 1.90. The van der Waals surface area contributed by atoms with Gasteiger partial charge in [-0.3, -0.25) is 0 Å². The van der Waals surface area contributed by atoms with Crippen molar-refractivity contribution in [3.05, 3.63) is 47.7 Å². The van der Waals surface area contributed by atoms with Crippen molar-refractivity contribution < 1.29 is 4.74 Å². The molecule has 0 unspecified atom stereocenters. The molecule has 0 fully saturated rings. The summed E-state index contributed by atoms with van der Waals surface area (Å²) in [5.74, 6) is 1.44. The quantitative estimate of drug-likeness (QED) is 0.839. The summed E-state index contributed by atoms with van der Waals surface area (Å²) in [5.41, 5.74) is 8.14. The van der Waals surface area contributed by atoms with Gasteiger partial charge in [0.15, 0.2) is 0 Å². The Labute approximate surface area is 117 Å². The molecule has 3 N–H and O–H groups in total. The molecule has 0 aliphatic rings. The van der Waals surface area contributed by atoms with Crippen LogP contribution in [0.2, 0.25) is 0 Å². The highest BCUT2D eigenvalue weighted by molar-refractivity contribution is 7.80. The van der Waals surface area contributed by atoms with Crippen LogP contribution in [0.4, 0.5) is 11.5 Å². The Bertz CT molecular complexity index is 613. The second kappa shape index (κ2) is 5.67. The highest BCUT2D eigenvalue weighted by atomic mass is 32.1. The van der Waals surface area contributed by atoms with E-state index in [4.69, 9.17) is 22.7 Å². The largest absolute Gasteiger partial charge is 0.495 e. The summed E-state index contributed by atoms with van der Waals surface area (Å²) in [4.78, 5) is 4.76. The number of rotatable bonds is 4. The number of para-hydroxylation sites is 2. The van der Waals surface area contributed by atoms with Crippen LogP contribution in [0.15, 0.2) is 36.4 Å². The summed E-state index contributed by atoms with van der Waals surface area (Å²) in [7, 11) is 1.63. The predicted molar refractivity (Wildman–Crippen MR) is 81.1 cm³/mol. The Morgan fingerprint density at radius 1 is 1.32 bits per heavy atom. The Balaban J connectivity index is 2.35. The molecule has 1 aromatic carbocycles. The zero-order valence-corrected chi connectivity index (χ0v) is 11.6. The van der Waals surface area contributed by atoms with Crippen LogP contribution in [0.1, 0.15) is 11.3 Å². The standard InChI is InChI=1S/C14H15N3OS/c1-9-7-10(14(15)19)8-13(16-9)17-11-5-3-4-6-12(11)18-2/h3-8H,1-2H3,(H2,15,19)(H,16,17). The average Bonchev–Trinajstić information content (AvgIpc) is 2.38. The van der Waals surface area contributed by atoms with Gasteiger partial charge in [0.05, 0.1) is 12.8 Å². The van der Waals surface area contributed by atoms with Crippen LogP contribution in [0.5, 0.6) is 5.75 Å². The number of thiocarbonyl (C=S) groups is 1. The lowest BCUT2D eigenvalue weighted by Gasteiger charge is -2.11. The van der Waals surface area contributed by atoms with Crippen LogP contribution < -0.4 is 15.8 Å². The SMILES string of the molecule is COc1ccccc1Nc1cc(C(N)=S)cc(C)n1. The van der Waals surface area contributed by atoms with E-state index in [-0.39, 0.29) is 0 Å². The normalized spacial score (nSPS) is 10.0. The van der Waals surface area contributed by atoms with Crippen LogP contribution >= 0.6 is 12.2 Å². The Hall–Kier alpha value is -2.14. The lowest BCUT2D eigenvalue weighted by atomic mass is 10.2. The van der Waals surface area contributed by atoms with E-state index in [0.29, 0.717) is 10.8 Å². The van der Waals surface area contributed by atoms with E-state index in [1.807, 2.05) is 43.3 Å². The summed E-state index contributed by atoms with van der Waals surface area (Å²) in [6.07, 6.45) is 0. The molecule has 98 valence electrons. The summed E-state index contributed by atoms with van der Waals surface area (Å²) < 4.78 is 5.28. The van der Waals surface area contributed by atoms with Gasteiger partial charge in [0.1, 0.15) is 16.6 Å². The summed E-state index contributed by atoms with van der Waals surface area (Å²) in [5, 5.41) is 3.21. The molecule has 0 aliphatic heterocycles. The molecule has 1 heterocycles. The van der Waals surface area contributed by atoms with Crippen molar-refractivity contribution >= 4 is 28.7 Å². The number of hydrogen-bond acceptors (Lipinski definition) is 4. The third kappa shape index (κ3) is 3.20. The average molecular weight is 273 g/mol. The minimum Gasteiger partial charge on any atom is -0.495 e. The van der Waals surface area contributed by atoms with Gasteiger partial charge in [-0.2, -0.15) is 0 Å². The first kappa shape index (κ1) is 13.3. The van der Waals surface area contributed by atoms with E-state index in [2.05, 4.69) is 10.3 Å². The zero-order chi connectivity index (χ0) is 13.8. The molecule has 0 saturated carbocycles. The Kier molecular flexibility index (Phi) is 3.97. The van der Waals surface area contributed by atoms with E-state index in [0.717, 1.165) is 22.7 Å². The molecule has 19 heavy (non-hydrogen) atoms. The summed E-state index contributed by atoms with van der Waals surface area (Å²) >= 11 is 4.99. The molecule has 0 saturated heterocycles. The summed E-state index contributed by atoms with van der Waals surface area (Å²) in [6, 6.07) is 11.3. The van der Waals surface area contributed by atoms with Crippen molar-refractivity contribution in [1.82, 2.24) is 4.98 Å². The predicted octanol–water partition coefficient (Wildman–Crippen LogP) is 2.78. The van der Waals surface area contributed by atoms with Gasteiger partial charge < -0.3 is 15.8 Å². The topological polar surface area (TPSA) is 60.2 Å². The number of benzene rings is 1. The maximum absolute atomic E-state index is 5.65. The van der Waals surface area contributed by atoms with Gasteiger partial charge in [0.2, 0.25) is 0 Å². The smallest absolute Gasteiger partial charge is 0.142 e. The van der Waals surface area contributed by atoms with Gasteiger partial charge in [0.25, 0.3) is 0 Å². The Morgan fingerprint density at radius 2 is 2.05 bits per heavy atom. The highest BCUT2D eigenvalue weighted by Gasteiger charge is 2.06. The number of pyridine rings is 1. The van der Waals surface area contributed by atoms with Gasteiger partial charge in [-0.05, 0) is 31.2 Å². The number of nitrogens with zero attached hydrogens (tertiary/aromatic N) is 1. The number of hydrogen-bond donors (Lipinski definition) is 2. The number of methoxy groups -OCH3 is 1. The van der Waals surface area contributed by atoms with E-state index in [1.54, 1.807) is 7.11 Å². The van der Waals surface area contributed by atoms with Crippen molar-refractivity contribution in [1.29, 1.82) is 0 Å². The van der Waals surface area contributed by atoms with Crippen molar-refractivity contribution in [3.8, 4) is 5.75 Å². The van der Waals surface area contributed by atoms with Gasteiger partial charge >= 0.3 is 0 Å². The first-order valence-corrected chi connectivity index (χ1v) is 6.19. The lowest BCUT2D eigenvalue weighted by molar-refractivity contribution is 0.417. The minimum absolute atomic E-state index is 0.355. The monoisotopic (exact) mass is 273 g/mol. The molecule has 2 rings (SSSR count). The van der Waals surface area contributed by atoms with Crippen molar-refractivity contribution in [3.63, 3.8) is 0 Å². The molecular formula is C14H15N3OS. The first-order chi connectivity index (χ1) is 9.10. The molecule has 2 aromatic rings. The highest BCUT2D eigenvalue weighted by Crippen LogP contribution is 2.26. The third-order valence-electron chi connectivity index (χ3n) is 2.61. The van der Waals surface area contributed by atoms with E-state index in [1.165, 1.54) is 0 Å². The maximum Gasteiger partial charge on any atom is 0.142 e. The van der Waals surface area contributed by atoms with Gasteiger partial charge in [-0.1, -0.05) is 24.4 Å². The molecule has 0 bridgehead atoms. The molecule has 0 aliphatic carbocycles. The number of aryl methyl sites for hydroxylation is 1. The van der Waals surface area contributed by atoms with E-state index < -0.39 is 0 Å². The molecule has 0 amide bonds. The number of aromatic nitrogens is 1. The van der Waals surface area contributed by atoms with Crippen LogP contribution in [-0.2, 0) is 0 Å². The van der Waals surface area contributed by atoms with Crippen molar-refractivity contribution in [2.45, 2.75) is 6.92 Å². The number of ether oxygens (including phenoxy) is 1. The fraction of sp³-hybridized carbons (Fsp3) is 0.143. The minimum atomic E-state index is 0.355. The number of nitrogens with two attached hydrogens (primary N) is 1. The first-order valence-electron chi connectivity index (χ1n) is 5.78. The van der Waals surface area contributed by atoms with Crippen LogP contribution in [0.25, 0.3) is 0 Å². The van der Waals surface area contributed by atoms with E-state index >= 15 is 0 Å². The van der Waals surface area contributed by atoms with Crippen molar-refractivity contribution in [2.24, 2.45) is 5.73 Å². The second-order valence-corrected chi connectivity index (χ2v) is 4.51.